The van der Waals surface area contributed by atoms with Gasteiger partial charge in [0.2, 0.25) is 0 Å². The quantitative estimate of drug-likeness (QED) is 0.314. The van der Waals surface area contributed by atoms with Crippen LogP contribution >= 0.6 is 0 Å². The number of fused-ring (bicyclic) bond motifs is 3. The lowest BCUT2D eigenvalue weighted by molar-refractivity contribution is 0.497. The van der Waals surface area contributed by atoms with E-state index < -0.39 is 5.63 Å². The molecule has 130 valence electrons. The van der Waals surface area contributed by atoms with Gasteiger partial charge in [-0.2, -0.15) is 5.26 Å². The lowest BCUT2D eigenvalue weighted by atomic mass is 10.0. The Morgan fingerprint density at radius 1 is 1.04 bits per heavy atom. The van der Waals surface area contributed by atoms with Crippen LogP contribution < -0.4 is 10.9 Å². The third kappa shape index (κ3) is 3.12. The highest BCUT2D eigenvalue weighted by atomic mass is 16.4. The maximum absolute atomic E-state index is 12.3. The third-order valence-corrected chi connectivity index (χ3v) is 4.29. The van der Waals surface area contributed by atoms with Gasteiger partial charge in [-0.3, -0.25) is 0 Å². The van der Waals surface area contributed by atoms with Crippen molar-refractivity contribution in [2.24, 2.45) is 0 Å². The van der Waals surface area contributed by atoms with Crippen molar-refractivity contribution in [2.75, 3.05) is 5.32 Å². The Bertz CT molecular complexity index is 1300. The second kappa shape index (κ2) is 6.70. The molecule has 3 aromatic carbocycles. The number of benzene rings is 3. The fourth-order valence-corrected chi connectivity index (χ4v) is 2.96. The minimum atomic E-state index is -0.626. The van der Waals surface area contributed by atoms with Gasteiger partial charge in [0.25, 0.3) is 0 Å². The van der Waals surface area contributed by atoms with E-state index in [0.717, 1.165) is 16.2 Å². The number of nitrogens with zero attached hydrogens (tertiary/aromatic N) is 1. The van der Waals surface area contributed by atoms with Crippen LogP contribution in [0.15, 0.2) is 82.1 Å². The van der Waals surface area contributed by atoms with E-state index in [1.807, 2.05) is 36.4 Å². The molecule has 5 heteroatoms. The van der Waals surface area contributed by atoms with Gasteiger partial charge in [0, 0.05) is 17.3 Å². The fourth-order valence-electron chi connectivity index (χ4n) is 2.96. The largest absolute Gasteiger partial charge is 0.506 e. The van der Waals surface area contributed by atoms with Gasteiger partial charge in [-0.1, -0.05) is 36.4 Å². The third-order valence-electron chi connectivity index (χ3n) is 4.29. The molecule has 1 heterocycles. The average molecular weight is 354 g/mol. The summed E-state index contributed by atoms with van der Waals surface area (Å²) >= 11 is 0. The van der Waals surface area contributed by atoms with Gasteiger partial charge in [0.1, 0.15) is 16.9 Å². The van der Waals surface area contributed by atoms with Crippen molar-refractivity contribution in [3.8, 4) is 6.07 Å². The molecule has 27 heavy (non-hydrogen) atoms. The molecule has 0 atom stereocenters. The number of hydrogen-bond acceptors (Lipinski definition) is 5. The van der Waals surface area contributed by atoms with Gasteiger partial charge in [-0.15, -0.1) is 0 Å². The van der Waals surface area contributed by atoms with E-state index in [4.69, 9.17) is 9.68 Å². The number of aliphatic hydroxyl groups is 1. The lowest BCUT2D eigenvalue weighted by Crippen LogP contribution is -2.07. The highest BCUT2D eigenvalue weighted by Crippen LogP contribution is 2.26. The van der Waals surface area contributed by atoms with E-state index in [1.165, 1.54) is 6.20 Å². The van der Waals surface area contributed by atoms with Crippen LogP contribution in [0.3, 0.4) is 0 Å². The van der Waals surface area contributed by atoms with Crippen LogP contribution in [0.2, 0.25) is 0 Å². The SMILES string of the molecule is N#Cc1cccc(N/C=C(\O)c2cc3c(ccc4ccccc43)oc2=O)c1. The molecule has 5 nitrogen and oxygen atoms in total. The monoisotopic (exact) mass is 354 g/mol. The summed E-state index contributed by atoms with van der Waals surface area (Å²) in [5.74, 6) is -0.249. The number of nitrogens with one attached hydrogen (secondary N) is 1. The Hall–Kier alpha value is -4.04. The Balaban J connectivity index is 1.77. The summed E-state index contributed by atoms with van der Waals surface area (Å²) in [5.41, 5.74) is 1.01. The summed E-state index contributed by atoms with van der Waals surface area (Å²) in [6, 6.07) is 21.9. The zero-order valence-electron chi connectivity index (χ0n) is 14.1. The van der Waals surface area contributed by atoms with Crippen molar-refractivity contribution in [1.29, 1.82) is 5.26 Å². The van der Waals surface area contributed by atoms with Gasteiger partial charge in [-0.25, -0.2) is 4.79 Å². The molecule has 0 aliphatic carbocycles. The highest BCUT2D eigenvalue weighted by Gasteiger charge is 2.11. The predicted octanol–water partition coefficient (Wildman–Crippen LogP) is 4.79. The number of anilines is 1. The first-order valence-electron chi connectivity index (χ1n) is 8.27. The van der Waals surface area contributed by atoms with Crippen molar-refractivity contribution in [2.45, 2.75) is 0 Å². The molecule has 0 aliphatic heterocycles. The first-order chi connectivity index (χ1) is 13.2. The molecule has 4 aromatic rings. The van der Waals surface area contributed by atoms with Crippen molar-refractivity contribution in [3.63, 3.8) is 0 Å². The Morgan fingerprint density at radius 2 is 1.89 bits per heavy atom. The van der Waals surface area contributed by atoms with Crippen LogP contribution in [0.1, 0.15) is 11.1 Å². The van der Waals surface area contributed by atoms with E-state index in [-0.39, 0.29) is 11.3 Å². The van der Waals surface area contributed by atoms with Crippen molar-refractivity contribution >= 4 is 33.2 Å². The van der Waals surface area contributed by atoms with Gasteiger partial charge in [-0.05, 0) is 41.1 Å². The zero-order chi connectivity index (χ0) is 18.8. The predicted molar refractivity (Wildman–Crippen MR) is 105 cm³/mol. The topological polar surface area (TPSA) is 86.3 Å². The number of rotatable bonds is 3. The molecule has 0 unspecified atom stereocenters. The first-order valence-corrected chi connectivity index (χ1v) is 8.27. The van der Waals surface area contributed by atoms with Crippen molar-refractivity contribution < 1.29 is 9.52 Å². The van der Waals surface area contributed by atoms with Crippen molar-refractivity contribution in [3.05, 3.63) is 94.5 Å². The maximum Gasteiger partial charge on any atom is 0.347 e. The number of aliphatic hydroxyl groups excluding tert-OH is 1. The highest BCUT2D eigenvalue weighted by molar-refractivity contribution is 6.05. The normalized spacial score (nSPS) is 11.4. The Labute approximate surface area is 154 Å². The molecule has 0 fully saturated rings. The second-order valence-electron chi connectivity index (χ2n) is 6.01. The van der Waals surface area contributed by atoms with Crippen LogP contribution in [-0.4, -0.2) is 5.11 Å². The zero-order valence-corrected chi connectivity index (χ0v) is 14.1. The maximum atomic E-state index is 12.3. The molecule has 1 aromatic heterocycles. The molecular formula is C22H14N2O3. The smallest absolute Gasteiger partial charge is 0.347 e. The minimum absolute atomic E-state index is 0.0581. The van der Waals surface area contributed by atoms with Crippen LogP contribution in [0.4, 0.5) is 5.69 Å². The first kappa shape index (κ1) is 16.4. The summed E-state index contributed by atoms with van der Waals surface area (Å²) in [6.45, 7) is 0. The molecule has 2 N–H and O–H groups in total. The summed E-state index contributed by atoms with van der Waals surface area (Å²) in [4.78, 5) is 12.3. The molecule has 4 rings (SSSR count). The molecule has 0 aliphatic rings. The molecule has 0 saturated heterocycles. The van der Waals surface area contributed by atoms with Gasteiger partial charge in [0.15, 0.2) is 0 Å². The summed E-state index contributed by atoms with van der Waals surface area (Å²) in [7, 11) is 0. The van der Waals surface area contributed by atoms with E-state index in [2.05, 4.69) is 5.32 Å². The van der Waals surface area contributed by atoms with Gasteiger partial charge in [0.05, 0.1) is 11.6 Å². The van der Waals surface area contributed by atoms with E-state index in [1.54, 1.807) is 36.4 Å². The van der Waals surface area contributed by atoms with Crippen molar-refractivity contribution in [1.82, 2.24) is 0 Å². The van der Waals surface area contributed by atoms with Crippen LogP contribution in [-0.2, 0) is 0 Å². The lowest BCUT2D eigenvalue weighted by Gasteiger charge is -2.06. The summed E-state index contributed by atoms with van der Waals surface area (Å²) < 4.78 is 5.38. The molecule has 0 saturated carbocycles. The van der Waals surface area contributed by atoms with E-state index >= 15 is 0 Å². The van der Waals surface area contributed by atoms with E-state index in [0.29, 0.717) is 16.8 Å². The molecule has 0 amide bonds. The molecule has 0 bridgehead atoms. The Kier molecular flexibility index (Phi) is 4.07. The molecule has 0 radical (unpaired) electrons. The summed E-state index contributed by atoms with van der Waals surface area (Å²) in [6.07, 6.45) is 1.31. The van der Waals surface area contributed by atoms with Crippen LogP contribution in [0.25, 0.3) is 27.5 Å². The number of hydrogen-bond donors (Lipinski definition) is 2. The minimum Gasteiger partial charge on any atom is -0.506 e. The Morgan fingerprint density at radius 3 is 2.74 bits per heavy atom. The van der Waals surface area contributed by atoms with Crippen LogP contribution in [0.5, 0.6) is 0 Å². The number of nitriles is 1. The van der Waals surface area contributed by atoms with Gasteiger partial charge < -0.3 is 14.8 Å². The van der Waals surface area contributed by atoms with E-state index in [9.17, 15) is 9.90 Å². The van der Waals surface area contributed by atoms with Gasteiger partial charge >= 0.3 is 5.63 Å². The molecular weight excluding hydrogens is 340 g/mol. The standard InChI is InChI=1S/C22H14N2O3/c23-12-14-4-3-6-16(10-14)24-13-20(25)19-11-18-17-7-2-1-5-15(17)8-9-21(18)27-22(19)26/h1-11,13,24-25H/b20-13-. The van der Waals surface area contributed by atoms with Crippen LogP contribution in [0, 0.1) is 11.3 Å². The average Bonchev–Trinajstić information content (AvgIpc) is 2.71. The summed E-state index contributed by atoms with van der Waals surface area (Å²) in [5, 5.41) is 24.9. The second-order valence-corrected chi connectivity index (χ2v) is 6.01. The fraction of sp³-hybridized carbons (Fsp3) is 0. The molecule has 0 spiro atoms.